The standard InChI is InChI=1S/C16H18N6O2/c1-21(9-12-7-18-22-4-3-17-8-15(12)22)16(23)14-6-13(19-20-14)11-2-5-24-10-11/h2,5-7,10,17H,3-4,8-9H2,1H3,(H,19,20). The van der Waals surface area contributed by atoms with Crippen LogP contribution in [0.5, 0.6) is 0 Å². The van der Waals surface area contributed by atoms with Crippen molar-refractivity contribution < 1.29 is 9.21 Å². The molecule has 8 heteroatoms. The molecule has 2 N–H and O–H groups in total. The van der Waals surface area contributed by atoms with Gasteiger partial charge in [-0.3, -0.25) is 14.6 Å². The molecule has 0 bridgehead atoms. The van der Waals surface area contributed by atoms with E-state index in [1.54, 1.807) is 36.6 Å². The lowest BCUT2D eigenvalue weighted by Crippen LogP contribution is -2.31. The number of fused-ring (bicyclic) bond motifs is 1. The van der Waals surface area contributed by atoms with Crippen LogP contribution in [0.3, 0.4) is 0 Å². The first-order valence-electron chi connectivity index (χ1n) is 7.80. The molecule has 0 radical (unpaired) electrons. The SMILES string of the molecule is CN(Cc1cnn2c1CNCC2)C(=O)c1cc(-c2ccoc2)n[nH]1. The van der Waals surface area contributed by atoms with Crippen LogP contribution in [0.25, 0.3) is 11.3 Å². The number of furan rings is 1. The van der Waals surface area contributed by atoms with E-state index in [2.05, 4.69) is 20.6 Å². The number of hydrogen-bond acceptors (Lipinski definition) is 5. The monoisotopic (exact) mass is 326 g/mol. The number of rotatable bonds is 4. The molecule has 1 aliphatic rings. The predicted molar refractivity (Wildman–Crippen MR) is 86.0 cm³/mol. The third-order valence-corrected chi connectivity index (χ3v) is 4.21. The first kappa shape index (κ1) is 14.7. The Morgan fingerprint density at radius 2 is 2.42 bits per heavy atom. The lowest BCUT2D eigenvalue weighted by atomic mass is 10.2. The average molecular weight is 326 g/mol. The van der Waals surface area contributed by atoms with E-state index in [1.807, 2.05) is 10.9 Å². The highest BCUT2D eigenvalue weighted by Crippen LogP contribution is 2.19. The molecule has 3 aromatic rings. The Bertz CT molecular complexity index is 848. The van der Waals surface area contributed by atoms with Gasteiger partial charge in [0.15, 0.2) is 0 Å². The van der Waals surface area contributed by atoms with Gasteiger partial charge in [-0.1, -0.05) is 0 Å². The molecule has 124 valence electrons. The van der Waals surface area contributed by atoms with E-state index >= 15 is 0 Å². The maximum absolute atomic E-state index is 12.6. The van der Waals surface area contributed by atoms with Crippen molar-refractivity contribution in [3.63, 3.8) is 0 Å². The molecule has 0 spiro atoms. The zero-order valence-corrected chi connectivity index (χ0v) is 13.3. The number of amides is 1. The number of aromatic nitrogens is 4. The second-order valence-corrected chi connectivity index (χ2v) is 5.86. The predicted octanol–water partition coefficient (Wildman–Crippen LogP) is 1.24. The Morgan fingerprint density at radius 3 is 3.25 bits per heavy atom. The highest BCUT2D eigenvalue weighted by molar-refractivity contribution is 5.93. The van der Waals surface area contributed by atoms with Gasteiger partial charge in [-0.2, -0.15) is 10.2 Å². The highest BCUT2D eigenvalue weighted by Gasteiger charge is 2.20. The molecule has 0 aliphatic carbocycles. The summed E-state index contributed by atoms with van der Waals surface area (Å²) in [6.45, 7) is 3.08. The van der Waals surface area contributed by atoms with Gasteiger partial charge in [-0.25, -0.2) is 0 Å². The summed E-state index contributed by atoms with van der Waals surface area (Å²) < 4.78 is 7.04. The molecular weight excluding hydrogens is 308 g/mol. The minimum Gasteiger partial charge on any atom is -0.472 e. The minimum absolute atomic E-state index is 0.110. The summed E-state index contributed by atoms with van der Waals surface area (Å²) in [5.41, 5.74) is 4.18. The molecule has 8 nitrogen and oxygen atoms in total. The first-order valence-corrected chi connectivity index (χ1v) is 7.80. The molecule has 0 aromatic carbocycles. The number of hydrogen-bond donors (Lipinski definition) is 2. The molecule has 4 heterocycles. The Morgan fingerprint density at radius 1 is 1.50 bits per heavy atom. The summed E-state index contributed by atoms with van der Waals surface area (Å²) in [4.78, 5) is 14.3. The van der Waals surface area contributed by atoms with E-state index < -0.39 is 0 Å². The van der Waals surface area contributed by atoms with Gasteiger partial charge in [0.05, 0.1) is 36.7 Å². The van der Waals surface area contributed by atoms with Crippen LogP contribution in [-0.2, 0) is 19.6 Å². The Kier molecular flexibility index (Phi) is 3.66. The van der Waals surface area contributed by atoms with Gasteiger partial charge in [0.25, 0.3) is 5.91 Å². The topological polar surface area (TPSA) is 92.0 Å². The molecule has 0 unspecified atom stereocenters. The molecule has 4 rings (SSSR count). The number of carbonyl (C=O) groups is 1. The summed E-state index contributed by atoms with van der Waals surface area (Å²) in [6.07, 6.45) is 5.02. The van der Waals surface area contributed by atoms with Crippen LogP contribution in [0.15, 0.2) is 35.3 Å². The number of H-pyrrole nitrogens is 1. The Labute approximate surface area is 138 Å². The average Bonchev–Trinajstić information content (AvgIpc) is 3.34. The van der Waals surface area contributed by atoms with Gasteiger partial charge in [0.2, 0.25) is 0 Å². The molecular formula is C16H18N6O2. The number of carbonyl (C=O) groups excluding carboxylic acids is 1. The van der Waals surface area contributed by atoms with E-state index in [9.17, 15) is 4.79 Å². The van der Waals surface area contributed by atoms with Gasteiger partial charge in [-0.05, 0) is 12.1 Å². The summed E-state index contributed by atoms with van der Waals surface area (Å²) >= 11 is 0. The summed E-state index contributed by atoms with van der Waals surface area (Å²) in [5.74, 6) is -0.110. The van der Waals surface area contributed by atoms with Crippen LogP contribution in [0.2, 0.25) is 0 Å². The van der Waals surface area contributed by atoms with E-state index in [1.165, 1.54) is 0 Å². The molecule has 24 heavy (non-hydrogen) atoms. The first-order chi connectivity index (χ1) is 11.7. The molecule has 1 amide bonds. The lowest BCUT2D eigenvalue weighted by molar-refractivity contribution is 0.0779. The second-order valence-electron chi connectivity index (χ2n) is 5.86. The third-order valence-electron chi connectivity index (χ3n) is 4.21. The molecule has 0 atom stereocenters. The van der Waals surface area contributed by atoms with E-state index in [4.69, 9.17) is 4.42 Å². The molecule has 0 saturated heterocycles. The van der Waals surface area contributed by atoms with Gasteiger partial charge in [0.1, 0.15) is 5.69 Å². The fourth-order valence-corrected chi connectivity index (χ4v) is 2.89. The minimum atomic E-state index is -0.110. The quantitative estimate of drug-likeness (QED) is 0.752. The van der Waals surface area contributed by atoms with Crippen LogP contribution >= 0.6 is 0 Å². The molecule has 0 fully saturated rings. The fraction of sp³-hybridized carbons (Fsp3) is 0.312. The van der Waals surface area contributed by atoms with Gasteiger partial charge in [0, 0.05) is 37.8 Å². The summed E-state index contributed by atoms with van der Waals surface area (Å²) in [7, 11) is 1.78. The maximum atomic E-state index is 12.6. The van der Waals surface area contributed by atoms with Crippen molar-refractivity contribution in [1.82, 2.24) is 30.2 Å². The van der Waals surface area contributed by atoms with E-state index in [-0.39, 0.29) is 5.91 Å². The lowest BCUT2D eigenvalue weighted by Gasteiger charge is -2.19. The van der Waals surface area contributed by atoms with Crippen LogP contribution < -0.4 is 5.32 Å². The van der Waals surface area contributed by atoms with E-state index in [0.29, 0.717) is 17.9 Å². The Balaban J connectivity index is 1.49. The van der Waals surface area contributed by atoms with Gasteiger partial charge in [-0.15, -0.1) is 0 Å². The second kappa shape index (κ2) is 5.97. The van der Waals surface area contributed by atoms with Crippen molar-refractivity contribution in [1.29, 1.82) is 0 Å². The number of nitrogens with zero attached hydrogens (tertiary/aromatic N) is 4. The Hall–Kier alpha value is -2.87. The zero-order chi connectivity index (χ0) is 16.5. The van der Waals surface area contributed by atoms with Crippen LogP contribution in [0.1, 0.15) is 21.7 Å². The fourth-order valence-electron chi connectivity index (χ4n) is 2.89. The van der Waals surface area contributed by atoms with Crippen molar-refractivity contribution in [3.05, 3.63) is 47.8 Å². The van der Waals surface area contributed by atoms with Gasteiger partial charge < -0.3 is 14.6 Å². The van der Waals surface area contributed by atoms with Crippen molar-refractivity contribution in [2.24, 2.45) is 0 Å². The van der Waals surface area contributed by atoms with Crippen molar-refractivity contribution in [2.75, 3.05) is 13.6 Å². The van der Waals surface area contributed by atoms with Crippen LogP contribution in [-0.4, -0.2) is 44.4 Å². The van der Waals surface area contributed by atoms with Crippen molar-refractivity contribution in [3.8, 4) is 11.3 Å². The third kappa shape index (κ3) is 2.61. The number of nitrogens with one attached hydrogen (secondary N) is 2. The molecule has 3 aromatic heterocycles. The normalized spacial score (nSPS) is 13.7. The summed E-state index contributed by atoms with van der Waals surface area (Å²) in [5, 5.41) is 14.7. The largest absolute Gasteiger partial charge is 0.472 e. The molecule has 1 aliphatic heterocycles. The van der Waals surface area contributed by atoms with E-state index in [0.717, 1.165) is 36.5 Å². The van der Waals surface area contributed by atoms with Crippen molar-refractivity contribution in [2.45, 2.75) is 19.6 Å². The molecule has 0 saturated carbocycles. The van der Waals surface area contributed by atoms with Crippen LogP contribution in [0, 0.1) is 0 Å². The maximum Gasteiger partial charge on any atom is 0.271 e. The highest BCUT2D eigenvalue weighted by atomic mass is 16.3. The number of aromatic amines is 1. The zero-order valence-electron chi connectivity index (χ0n) is 13.3. The van der Waals surface area contributed by atoms with Crippen LogP contribution in [0.4, 0.5) is 0 Å². The smallest absolute Gasteiger partial charge is 0.271 e. The summed E-state index contributed by atoms with van der Waals surface area (Å²) in [6, 6.07) is 3.54. The van der Waals surface area contributed by atoms with Gasteiger partial charge >= 0.3 is 0 Å². The van der Waals surface area contributed by atoms with Crippen molar-refractivity contribution >= 4 is 5.91 Å².